The van der Waals surface area contributed by atoms with Gasteiger partial charge in [-0.15, -0.1) is 0 Å². The highest BCUT2D eigenvalue weighted by molar-refractivity contribution is 9.09. The molecule has 15 heavy (non-hydrogen) atoms. The molecule has 0 aliphatic carbocycles. The smallest absolute Gasteiger partial charge is 0.0921 e. The molecule has 2 heteroatoms. The summed E-state index contributed by atoms with van der Waals surface area (Å²) in [6, 6.07) is 8.52. The Kier molecular flexibility index (Phi) is 5.96. The third-order valence-electron chi connectivity index (χ3n) is 2.37. The second-order valence-corrected chi connectivity index (χ2v) is 4.43. The standard InChI is InChI=1S/C13H19BrO/c1-3-4-8-15-13(10-14)12-7-5-6-11(2)9-12/h5-7,9,13H,3-4,8,10H2,1-2H3. The molecule has 0 fully saturated rings. The van der Waals surface area contributed by atoms with Crippen LogP contribution in [0, 0.1) is 6.92 Å². The monoisotopic (exact) mass is 270 g/mol. The Morgan fingerprint density at radius 3 is 2.80 bits per heavy atom. The predicted octanol–water partition coefficient (Wildman–Crippen LogP) is 4.25. The maximum atomic E-state index is 5.83. The van der Waals surface area contributed by atoms with Crippen LogP contribution in [0.15, 0.2) is 24.3 Å². The van der Waals surface area contributed by atoms with Crippen molar-refractivity contribution in [1.82, 2.24) is 0 Å². The van der Waals surface area contributed by atoms with Crippen LogP contribution in [0.5, 0.6) is 0 Å². The number of rotatable bonds is 6. The molecule has 1 aromatic rings. The van der Waals surface area contributed by atoms with Gasteiger partial charge in [-0.25, -0.2) is 0 Å². The first-order valence-corrected chi connectivity index (χ1v) is 6.64. The maximum absolute atomic E-state index is 5.83. The molecule has 0 saturated heterocycles. The molecule has 0 bridgehead atoms. The van der Waals surface area contributed by atoms with Crippen molar-refractivity contribution in [3.63, 3.8) is 0 Å². The summed E-state index contributed by atoms with van der Waals surface area (Å²) in [5, 5.41) is 0.861. The van der Waals surface area contributed by atoms with E-state index in [2.05, 4.69) is 54.0 Å². The van der Waals surface area contributed by atoms with Crippen molar-refractivity contribution in [3.05, 3.63) is 35.4 Å². The van der Waals surface area contributed by atoms with Crippen LogP contribution in [0.25, 0.3) is 0 Å². The molecule has 84 valence electrons. The number of halogens is 1. The fourth-order valence-corrected chi connectivity index (χ4v) is 2.03. The summed E-state index contributed by atoms with van der Waals surface area (Å²) in [7, 11) is 0. The minimum absolute atomic E-state index is 0.191. The molecule has 0 radical (unpaired) electrons. The van der Waals surface area contributed by atoms with Gasteiger partial charge in [0.25, 0.3) is 0 Å². The second-order valence-electron chi connectivity index (χ2n) is 3.78. The molecule has 0 amide bonds. The van der Waals surface area contributed by atoms with Crippen LogP contribution in [-0.2, 0) is 4.74 Å². The fourth-order valence-electron chi connectivity index (χ4n) is 1.47. The molecule has 0 N–H and O–H groups in total. The molecular formula is C13H19BrO. The van der Waals surface area contributed by atoms with Crippen molar-refractivity contribution in [2.24, 2.45) is 0 Å². The molecule has 0 aliphatic rings. The van der Waals surface area contributed by atoms with Gasteiger partial charge in [-0.05, 0) is 18.9 Å². The Morgan fingerprint density at radius 2 is 2.20 bits per heavy atom. The summed E-state index contributed by atoms with van der Waals surface area (Å²) in [5.74, 6) is 0. The van der Waals surface area contributed by atoms with Crippen molar-refractivity contribution in [3.8, 4) is 0 Å². The summed E-state index contributed by atoms with van der Waals surface area (Å²) >= 11 is 3.50. The van der Waals surface area contributed by atoms with E-state index in [9.17, 15) is 0 Å². The largest absolute Gasteiger partial charge is 0.373 e. The molecule has 1 atom stereocenters. The average molecular weight is 271 g/mol. The lowest BCUT2D eigenvalue weighted by Gasteiger charge is -2.16. The zero-order valence-corrected chi connectivity index (χ0v) is 11.1. The van der Waals surface area contributed by atoms with Gasteiger partial charge in [0.15, 0.2) is 0 Å². The van der Waals surface area contributed by atoms with Crippen molar-refractivity contribution < 1.29 is 4.74 Å². The lowest BCUT2D eigenvalue weighted by atomic mass is 10.1. The van der Waals surface area contributed by atoms with Crippen LogP contribution >= 0.6 is 15.9 Å². The lowest BCUT2D eigenvalue weighted by Crippen LogP contribution is -2.07. The minimum Gasteiger partial charge on any atom is -0.373 e. The van der Waals surface area contributed by atoms with Gasteiger partial charge in [0.2, 0.25) is 0 Å². The molecule has 0 spiro atoms. The van der Waals surface area contributed by atoms with Gasteiger partial charge in [-0.2, -0.15) is 0 Å². The summed E-state index contributed by atoms with van der Waals surface area (Å²) in [6.07, 6.45) is 2.51. The minimum atomic E-state index is 0.191. The first-order chi connectivity index (χ1) is 7.27. The lowest BCUT2D eigenvalue weighted by molar-refractivity contribution is 0.0677. The second kappa shape index (κ2) is 7.02. The molecular weight excluding hydrogens is 252 g/mol. The van der Waals surface area contributed by atoms with Crippen molar-refractivity contribution in [2.75, 3.05) is 11.9 Å². The van der Waals surface area contributed by atoms with E-state index in [1.165, 1.54) is 17.5 Å². The highest BCUT2D eigenvalue weighted by atomic mass is 79.9. The Morgan fingerprint density at radius 1 is 1.40 bits per heavy atom. The SMILES string of the molecule is CCCCOC(CBr)c1cccc(C)c1. The van der Waals surface area contributed by atoms with Gasteiger partial charge >= 0.3 is 0 Å². The topological polar surface area (TPSA) is 9.23 Å². The van der Waals surface area contributed by atoms with E-state index < -0.39 is 0 Å². The van der Waals surface area contributed by atoms with Gasteiger partial charge in [0.1, 0.15) is 0 Å². The van der Waals surface area contributed by atoms with Crippen LogP contribution in [0.3, 0.4) is 0 Å². The van der Waals surface area contributed by atoms with Crippen molar-refractivity contribution in [1.29, 1.82) is 0 Å². The Labute approximate surface area is 101 Å². The normalized spacial score (nSPS) is 12.7. The van der Waals surface area contributed by atoms with Gasteiger partial charge in [-0.1, -0.05) is 59.1 Å². The first-order valence-electron chi connectivity index (χ1n) is 5.52. The molecule has 1 aromatic carbocycles. The zero-order chi connectivity index (χ0) is 11.1. The molecule has 0 heterocycles. The number of hydrogen-bond donors (Lipinski definition) is 0. The molecule has 0 aromatic heterocycles. The number of hydrogen-bond acceptors (Lipinski definition) is 1. The van der Waals surface area contributed by atoms with Gasteiger partial charge in [0.05, 0.1) is 6.10 Å². The highest BCUT2D eigenvalue weighted by Gasteiger charge is 2.09. The summed E-state index contributed by atoms with van der Waals surface area (Å²) in [5.41, 5.74) is 2.56. The van der Waals surface area contributed by atoms with E-state index in [-0.39, 0.29) is 6.10 Å². The molecule has 1 unspecified atom stereocenters. The van der Waals surface area contributed by atoms with Crippen molar-refractivity contribution >= 4 is 15.9 Å². The molecule has 1 rings (SSSR count). The summed E-state index contributed by atoms with van der Waals surface area (Å²) in [6.45, 7) is 5.14. The number of benzene rings is 1. The van der Waals surface area contributed by atoms with E-state index in [0.717, 1.165) is 18.4 Å². The Hall–Kier alpha value is -0.340. The van der Waals surface area contributed by atoms with Crippen LogP contribution in [0.4, 0.5) is 0 Å². The van der Waals surface area contributed by atoms with Gasteiger partial charge < -0.3 is 4.74 Å². The predicted molar refractivity (Wildman–Crippen MR) is 68.6 cm³/mol. The third-order valence-corrected chi connectivity index (χ3v) is 2.96. The van der Waals surface area contributed by atoms with Crippen LogP contribution in [0.1, 0.15) is 37.0 Å². The first kappa shape index (κ1) is 12.7. The maximum Gasteiger partial charge on any atom is 0.0921 e. The number of alkyl halides is 1. The third kappa shape index (κ3) is 4.35. The van der Waals surface area contributed by atoms with E-state index in [1.807, 2.05) is 0 Å². The summed E-state index contributed by atoms with van der Waals surface area (Å²) < 4.78 is 5.83. The average Bonchev–Trinajstić information content (AvgIpc) is 2.24. The quantitative estimate of drug-likeness (QED) is 0.555. The van der Waals surface area contributed by atoms with Gasteiger partial charge in [0, 0.05) is 11.9 Å². The van der Waals surface area contributed by atoms with E-state index >= 15 is 0 Å². The van der Waals surface area contributed by atoms with Crippen LogP contribution < -0.4 is 0 Å². The fraction of sp³-hybridized carbons (Fsp3) is 0.538. The van der Waals surface area contributed by atoms with Crippen LogP contribution in [0.2, 0.25) is 0 Å². The van der Waals surface area contributed by atoms with Crippen molar-refractivity contribution in [2.45, 2.75) is 32.8 Å². The Bertz CT molecular complexity index is 286. The van der Waals surface area contributed by atoms with E-state index in [4.69, 9.17) is 4.74 Å². The molecule has 1 nitrogen and oxygen atoms in total. The highest BCUT2D eigenvalue weighted by Crippen LogP contribution is 2.21. The Balaban J connectivity index is 2.57. The van der Waals surface area contributed by atoms with E-state index in [1.54, 1.807) is 0 Å². The number of aryl methyl sites for hydroxylation is 1. The molecule has 0 aliphatic heterocycles. The summed E-state index contributed by atoms with van der Waals surface area (Å²) in [4.78, 5) is 0. The number of ether oxygens (including phenoxy) is 1. The zero-order valence-electron chi connectivity index (χ0n) is 9.50. The van der Waals surface area contributed by atoms with E-state index in [0.29, 0.717) is 0 Å². The number of unbranched alkanes of at least 4 members (excludes halogenated alkanes) is 1. The molecule has 0 saturated carbocycles. The van der Waals surface area contributed by atoms with Crippen LogP contribution in [-0.4, -0.2) is 11.9 Å². The van der Waals surface area contributed by atoms with Gasteiger partial charge in [-0.3, -0.25) is 0 Å².